The maximum atomic E-state index is 12.2. The lowest BCUT2D eigenvalue weighted by Gasteiger charge is -2.22. The molecular formula is C14H25N5O7S. The maximum Gasteiger partial charge on any atom is 0.322 e. The van der Waals surface area contributed by atoms with Gasteiger partial charge >= 0.3 is 5.97 Å². The Bertz CT molecular complexity index is 560. The highest BCUT2D eigenvalue weighted by molar-refractivity contribution is 7.98. The van der Waals surface area contributed by atoms with E-state index >= 15 is 0 Å². The fourth-order valence-electron chi connectivity index (χ4n) is 1.82. The van der Waals surface area contributed by atoms with E-state index in [0.29, 0.717) is 12.2 Å². The van der Waals surface area contributed by atoms with E-state index in [4.69, 9.17) is 16.6 Å². The van der Waals surface area contributed by atoms with Gasteiger partial charge in [0.25, 0.3) is 0 Å². The molecule has 0 rings (SSSR count). The fraction of sp³-hybridized carbons (Fsp3) is 0.643. The number of aliphatic hydroxyl groups excluding tert-OH is 1. The van der Waals surface area contributed by atoms with Gasteiger partial charge in [-0.25, -0.2) is 0 Å². The Morgan fingerprint density at radius 1 is 1.04 bits per heavy atom. The van der Waals surface area contributed by atoms with E-state index in [9.17, 15) is 29.1 Å². The minimum absolute atomic E-state index is 0.356. The van der Waals surface area contributed by atoms with Crippen LogP contribution in [0.2, 0.25) is 0 Å². The van der Waals surface area contributed by atoms with Crippen LogP contribution in [0.1, 0.15) is 12.8 Å². The molecular weight excluding hydrogens is 382 g/mol. The van der Waals surface area contributed by atoms with Gasteiger partial charge < -0.3 is 37.6 Å². The van der Waals surface area contributed by atoms with Gasteiger partial charge in [0.15, 0.2) is 0 Å². The molecule has 0 aliphatic heterocycles. The second kappa shape index (κ2) is 12.9. The molecule has 0 aromatic carbocycles. The number of carbonyl (C=O) groups excluding carboxylic acids is 4. The molecule has 0 heterocycles. The number of carbonyl (C=O) groups is 5. The molecule has 0 saturated heterocycles. The second-order valence-corrected chi connectivity index (χ2v) is 6.46. The first-order chi connectivity index (χ1) is 12.6. The van der Waals surface area contributed by atoms with E-state index in [0.717, 1.165) is 0 Å². The Morgan fingerprint density at radius 2 is 1.63 bits per heavy atom. The van der Waals surface area contributed by atoms with Crippen LogP contribution in [0.3, 0.4) is 0 Å². The van der Waals surface area contributed by atoms with Gasteiger partial charge in [-0.15, -0.1) is 0 Å². The van der Waals surface area contributed by atoms with Crippen LogP contribution in [0.15, 0.2) is 0 Å². The molecule has 0 aliphatic rings. The Balaban J connectivity index is 4.93. The summed E-state index contributed by atoms with van der Waals surface area (Å²) in [6.07, 6.45) is 1.59. The molecule has 3 atom stereocenters. The largest absolute Gasteiger partial charge is 0.480 e. The van der Waals surface area contributed by atoms with Crippen LogP contribution in [0.4, 0.5) is 0 Å². The number of primary amides is 1. The third-order valence-corrected chi connectivity index (χ3v) is 3.88. The number of hydrogen-bond acceptors (Lipinski definition) is 8. The summed E-state index contributed by atoms with van der Waals surface area (Å²) in [6, 6.07) is -3.77. The molecule has 3 unspecified atom stereocenters. The summed E-state index contributed by atoms with van der Waals surface area (Å²) >= 11 is 1.48. The molecule has 27 heavy (non-hydrogen) atoms. The van der Waals surface area contributed by atoms with Crippen LogP contribution >= 0.6 is 11.8 Å². The number of aliphatic hydroxyl groups is 1. The van der Waals surface area contributed by atoms with Crippen molar-refractivity contribution >= 4 is 41.4 Å². The molecule has 0 aliphatic carbocycles. The summed E-state index contributed by atoms with van der Waals surface area (Å²) < 4.78 is 0. The van der Waals surface area contributed by atoms with E-state index in [1.807, 2.05) is 11.6 Å². The molecule has 0 fully saturated rings. The first kappa shape index (κ1) is 24.6. The van der Waals surface area contributed by atoms with Crippen molar-refractivity contribution in [3.05, 3.63) is 0 Å². The molecule has 0 saturated carbocycles. The van der Waals surface area contributed by atoms with Crippen molar-refractivity contribution in [2.45, 2.75) is 31.0 Å². The quantitative estimate of drug-likeness (QED) is 0.159. The van der Waals surface area contributed by atoms with E-state index < -0.39 is 67.3 Å². The zero-order valence-electron chi connectivity index (χ0n) is 14.8. The second-order valence-electron chi connectivity index (χ2n) is 5.47. The Hall–Kier alpha value is -2.38. The Morgan fingerprint density at radius 3 is 2.11 bits per heavy atom. The number of amides is 4. The summed E-state index contributed by atoms with van der Waals surface area (Å²) in [6.45, 7) is -1.51. The Kier molecular flexibility index (Phi) is 11.8. The third kappa shape index (κ3) is 10.4. The zero-order valence-corrected chi connectivity index (χ0v) is 15.6. The number of nitrogens with one attached hydrogen (secondary N) is 3. The lowest BCUT2D eigenvalue weighted by atomic mass is 10.1. The number of rotatable bonds is 13. The normalized spacial score (nSPS) is 13.7. The van der Waals surface area contributed by atoms with Crippen molar-refractivity contribution < 1.29 is 34.2 Å². The highest BCUT2D eigenvalue weighted by Crippen LogP contribution is 2.00. The van der Waals surface area contributed by atoms with Crippen LogP contribution < -0.4 is 27.4 Å². The molecule has 154 valence electrons. The number of thioether (sulfide) groups is 1. The van der Waals surface area contributed by atoms with Crippen molar-refractivity contribution in [2.75, 3.05) is 25.2 Å². The van der Waals surface area contributed by atoms with Gasteiger partial charge in [-0.05, 0) is 18.4 Å². The summed E-state index contributed by atoms with van der Waals surface area (Å²) in [4.78, 5) is 57.6. The lowest BCUT2D eigenvalue weighted by Crippen LogP contribution is -2.57. The highest BCUT2D eigenvalue weighted by Gasteiger charge is 2.28. The van der Waals surface area contributed by atoms with Crippen molar-refractivity contribution in [3.8, 4) is 0 Å². The molecule has 0 radical (unpaired) electrons. The average Bonchev–Trinajstić information content (AvgIpc) is 2.60. The van der Waals surface area contributed by atoms with Gasteiger partial charge in [0.1, 0.15) is 18.6 Å². The molecule has 0 aromatic rings. The summed E-state index contributed by atoms with van der Waals surface area (Å²) in [7, 11) is 0. The van der Waals surface area contributed by atoms with Gasteiger partial charge in [-0.2, -0.15) is 11.8 Å². The summed E-state index contributed by atoms with van der Waals surface area (Å²) in [5.41, 5.74) is 10.7. The topological polar surface area (TPSA) is 214 Å². The number of carboxylic acid groups (broad SMARTS) is 1. The monoisotopic (exact) mass is 407 g/mol. The van der Waals surface area contributed by atoms with Crippen molar-refractivity contribution in [2.24, 2.45) is 11.5 Å². The summed E-state index contributed by atoms with van der Waals surface area (Å²) in [5, 5.41) is 24.3. The molecule has 0 aromatic heterocycles. The molecule has 4 amide bonds. The van der Waals surface area contributed by atoms with E-state index in [1.165, 1.54) is 11.8 Å². The highest BCUT2D eigenvalue weighted by atomic mass is 32.2. The maximum absolute atomic E-state index is 12.2. The predicted molar refractivity (Wildman–Crippen MR) is 96.4 cm³/mol. The van der Waals surface area contributed by atoms with Gasteiger partial charge in [-0.1, -0.05) is 0 Å². The van der Waals surface area contributed by atoms with E-state index in [-0.39, 0.29) is 0 Å². The standard InChI is InChI=1S/C14H25N5O7S/c1-27-3-2-7(15)12(24)19-9(6-20)14(26)18-8(4-10(16)21)13(25)17-5-11(22)23/h7-9,20H,2-6,15H2,1H3,(H2,16,21)(H,17,25)(H,18,26)(H,19,24)(H,22,23). The van der Waals surface area contributed by atoms with Crippen LogP contribution in [0.5, 0.6) is 0 Å². The molecule has 12 nitrogen and oxygen atoms in total. The third-order valence-electron chi connectivity index (χ3n) is 3.24. The van der Waals surface area contributed by atoms with Crippen LogP contribution in [-0.2, 0) is 24.0 Å². The van der Waals surface area contributed by atoms with E-state index in [1.54, 1.807) is 0 Å². The smallest absolute Gasteiger partial charge is 0.322 e. The SMILES string of the molecule is CSCCC(N)C(=O)NC(CO)C(=O)NC(CC(N)=O)C(=O)NCC(=O)O. The predicted octanol–water partition coefficient (Wildman–Crippen LogP) is -3.90. The van der Waals surface area contributed by atoms with Gasteiger partial charge in [0.05, 0.1) is 19.1 Å². The van der Waals surface area contributed by atoms with Crippen molar-refractivity contribution in [1.29, 1.82) is 0 Å². The fourth-order valence-corrected chi connectivity index (χ4v) is 2.31. The number of carboxylic acids is 1. The zero-order chi connectivity index (χ0) is 21.0. The first-order valence-electron chi connectivity index (χ1n) is 7.86. The van der Waals surface area contributed by atoms with Gasteiger partial charge in [-0.3, -0.25) is 24.0 Å². The minimum Gasteiger partial charge on any atom is -0.480 e. The summed E-state index contributed by atoms with van der Waals surface area (Å²) in [5.74, 6) is -4.21. The lowest BCUT2D eigenvalue weighted by molar-refractivity contribution is -0.139. The van der Waals surface area contributed by atoms with Crippen molar-refractivity contribution in [1.82, 2.24) is 16.0 Å². The number of hydrogen-bond donors (Lipinski definition) is 7. The van der Waals surface area contributed by atoms with Crippen molar-refractivity contribution in [3.63, 3.8) is 0 Å². The number of nitrogens with two attached hydrogens (primary N) is 2. The van der Waals surface area contributed by atoms with Gasteiger partial charge in [0, 0.05) is 0 Å². The Labute approximate surface area is 159 Å². The molecule has 13 heteroatoms. The van der Waals surface area contributed by atoms with Crippen LogP contribution in [0.25, 0.3) is 0 Å². The van der Waals surface area contributed by atoms with Crippen LogP contribution in [-0.4, -0.2) is 83.1 Å². The van der Waals surface area contributed by atoms with Crippen LogP contribution in [0, 0.1) is 0 Å². The van der Waals surface area contributed by atoms with Gasteiger partial charge in [0.2, 0.25) is 23.6 Å². The molecule has 0 bridgehead atoms. The van der Waals surface area contributed by atoms with E-state index in [2.05, 4.69) is 10.6 Å². The average molecular weight is 407 g/mol. The first-order valence-corrected chi connectivity index (χ1v) is 9.25. The molecule has 9 N–H and O–H groups in total. The number of aliphatic carboxylic acids is 1. The molecule has 0 spiro atoms. The minimum atomic E-state index is -1.47.